The summed E-state index contributed by atoms with van der Waals surface area (Å²) in [4.78, 5) is 28.1. The highest BCUT2D eigenvalue weighted by atomic mass is 16.6. The van der Waals surface area contributed by atoms with Crippen LogP contribution in [0.4, 0.5) is 4.79 Å². The Morgan fingerprint density at radius 1 is 0.789 bits per heavy atom. The molecule has 10 heteroatoms. The minimum atomic E-state index is -1.83. The Hall–Kier alpha value is -1.91. The van der Waals surface area contributed by atoms with E-state index in [1.54, 1.807) is 0 Å². The molecule has 0 saturated carbocycles. The average molecular weight is 286 g/mol. The van der Waals surface area contributed by atoms with Gasteiger partial charge in [-0.2, -0.15) is 0 Å². The van der Waals surface area contributed by atoms with E-state index < -0.39 is 24.2 Å². The van der Waals surface area contributed by atoms with Gasteiger partial charge in [0.05, 0.1) is 13.2 Å². The number of hydrogen-bond acceptors (Lipinski definition) is 6. The zero-order chi connectivity index (χ0) is 15.8. The molecule has 0 rings (SSSR count). The molecule has 0 aliphatic heterocycles. The van der Waals surface area contributed by atoms with E-state index in [1.165, 1.54) is 0 Å². The van der Waals surface area contributed by atoms with Crippen molar-refractivity contribution in [1.82, 2.24) is 0 Å². The first-order chi connectivity index (χ1) is 8.67. The van der Waals surface area contributed by atoms with Crippen molar-refractivity contribution in [3.05, 3.63) is 0 Å². The standard InChI is InChI=1S/C5H8O4.C3H8O3.CH2O3/c6-4(7)2-1-3-5(8)9;4-1-3(6)2-5;2-1(3)4/h1-3H2,(H,6,7)(H,8,9);3-6H,1-2H2;(H2,2,3,4). The van der Waals surface area contributed by atoms with Crippen molar-refractivity contribution in [3.8, 4) is 0 Å². The molecule has 0 aromatic carbocycles. The third-order valence-electron chi connectivity index (χ3n) is 1.20. The summed E-state index contributed by atoms with van der Waals surface area (Å²) in [5.74, 6) is -1.90. The number of carboxylic acid groups (broad SMARTS) is 4. The molecule has 0 radical (unpaired) electrons. The molecular weight excluding hydrogens is 268 g/mol. The van der Waals surface area contributed by atoms with Crippen LogP contribution in [0.3, 0.4) is 0 Å². The van der Waals surface area contributed by atoms with Crippen LogP contribution in [0.2, 0.25) is 0 Å². The molecule has 0 spiro atoms. The summed E-state index contributed by atoms with van der Waals surface area (Å²) in [6, 6.07) is 0. The van der Waals surface area contributed by atoms with E-state index in [0.717, 1.165) is 0 Å². The first-order valence-electron chi connectivity index (χ1n) is 4.92. The molecule has 19 heavy (non-hydrogen) atoms. The van der Waals surface area contributed by atoms with Gasteiger partial charge in [-0.3, -0.25) is 9.59 Å². The van der Waals surface area contributed by atoms with Crippen LogP contribution in [0.1, 0.15) is 19.3 Å². The lowest BCUT2D eigenvalue weighted by molar-refractivity contribution is -0.138. The van der Waals surface area contributed by atoms with E-state index in [2.05, 4.69) is 0 Å². The largest absolute Gasteiger partial charge is 0.503 e. The van der Waals surface area contributed by atoms with E-state index in [0.29, 0.717) is 0 Å². The molecule has 0 aromatic heterocycles. The summed E-state index contributed by atoms with van der Waals surface area (Å²) < 4.78 is 0. The number of aliphatic carboxylic acids is 2. The normalized spacial score (nSPS) is 8.63. The third-order valence-corrected chi connectivity index (χ3v) is 1.20. The van der Waals surface area contributed by atoms with E-state index >= 15 is 0 Å². The fraction of sp³-hybridized carbons (Fsp3) is 0.667. The lowest BCUT2D eigenvalue weighted by Gasteiger charge is -1.96. The zero-order valence-electron chi connectivity index (χ0n) is 9.97. The SMILES string of the molecule is O=C(O)CCCC(=O)O.O=C(O)O.OCC(O)CO. The Morgan fingerprint density at radius 2 is 1.05 bits per heavy atom. The predicted octanol–water partition coefficient (Wildman–Crippen LogP) is -1.12. The minimum absolute atomic E-state index is 0.0632. The molecule has 114 valence electrons. The Balaban J connectivity index is -0.000000222. The van der Waals surface area contributed by atoms with Crippen molar-refractivity contribution in [2.24, 2.45) is 0 Å². The molecule has 0 aliphatic carbocycles. The van der Waals surface area contributed by atoms with Crippen molar-refractivity contribution < 1.29 is 50.1 Å². The van der Waals surface area contributed by atoms with Gasteiger partial charge in [-0.05, 0) is 6.42 Å². The van der Waals surface area contributed by atoms with Crippen molar-refractivity contribution in [1.29, 1.82) is 0 Å². The third kappa shape index (κ3) is 48.8. The van der Waals surface area contributed by atoms with Crippen LogP contribution in [0.25, 0.3) is 0 Å². The number of rotatable bonds is 6. The van der Waals surface area contributed by atoms with Crippen LogP contribution in [0, 0.1) is 0 Å². The first-order valence-corrected chi connectivity index (χ1v) is 4.92. The van der Waals surface area contributed by atoms with Crippen molar-refractivity contribution in [2.45, 2.75) is 25.4 Å². The molecule has 0 bridgehead atoms. The molecule has 10 nitrogen and oxygen atoms in total. The molecule has 0 amide bonds. The molecule has 7 N–H and O–H groups in total. The molecule has 0 unspecified atom stereocenters. The van der Waals surface area contributed by atoms with Crippen molar-refractivity contribution >= 4 is 18.1 Å². The van der Waals surface area contributed by atoms with Crippen LogP contribution in [-0.2, 0) is 9.59 Å². The minimum Gasteiger partial charge on any atom is -0.481 e. The summed E-state index contributed by atoms with van der Waals surface area (Å²) in [6.45, 7) is -0.729. The molecule has 0 heterocycles. The van der Waals surface area contributed by atoms with E-state index in [4.69, 9.17) is 40.5 Å². The van der Waals surface area contributed by atoms with E-state index in [1.807, 2.05) is 0 Å². The van der Waals surface area contributed by atoms with Gasteiger partial charge in [0.1, 0.15) is 6.10 Å². The van der Waals surface area contributed by atoms with E-state index in [-0.39, 0.29) is 32.5 Å². The number of aliphatic hydroxyl groups is 3. The smallest absolute Gasteiger partial charge is 0.481 e. The van der Waals surface area contributed by atoms with Gasteiger partial charge in [-0.1, -0.05) is 0 Å². The summed E-state index contributed by atoms with van der Waals surface area (Å²) >= 11 is 0. The Morgan fingerprint density at radius 3 is 1.16 bits per heavy atom. The lowest BCUT2D eigenvalue weighted by atomic mass is 10.2. The highest BCUT2D eigenvalue weighted by Gasteiger charge is 1.99. The Kier molecular flexibility index (Phi) is 18.9. The molecular formula is C9H18O10. The highest BCUT2D eigenvalue weighted by Crippen LogP contribution is 1.93. The quantitative estimate of drug-likeness (QED) is 0.314. The predicted molar refractivity (Wildman–Crippen MR) is 60.0 cm³/mol. The molecule has 0 aliphatic rings. The van der Waals surface area contributed by atoms with E-state index in [9.17, 15) is 9.59 Å². The first kappa shape index (κ1) is 22.3. The van der Waals surface area contributed by atoms with Crippen LogP contribution in [0.15, 0.2) is 0 Å². The maximum atomic E-state index is 9.79. The lowest BCUT2D eigenvalue weighted by Crippen LogP contribution is -2.15. The maximum Gasteiger partial charge on any atom is 0.503 e. The second-order valence-electron chi connectivity index (χ2n) is 2.94. The molecule has 0 atom stereocenters. The van der Waals surface area contributed by atoms with Crippen LogP contribution in [0.5, 0.6) is 0 Å². The zero-order valence-corrected chi connectivity index (χ0v) is 9.97. The van der Waals surface area contributed by atoms with Gasteiger partial charge in [0, 0.05) is 12.8 Å². The van der Waals surface area contributed by atoms with Gasteiger partial charge in [-0.15, -0.1) is 0 Å². The van der Waals surface area contributed by atoms with Gasteiger partial charge in [0.15, 0.2) is 0 Å². The number of carbonyl (C=O) groups is 3. The molecule has 0 aromatic rings. The van der Waals surface area contributed by atoms with Crippen LogP contribution < -0.4 is 0 Å². The van der Waals surface area contributed by atoms with Gasteiger partial charge in [0.25, 0.3) is 0 Å². The number of hydrogen-bond donors (Lipinski definition) is 7. The topological polar surface area (TPSA) is 193 Å². The fourth-order valence-corrected chi connectivity index (χ4v) is 0.449. The van der Waals surface area contributed by atoms with Gasteiger partial charge >= 0.3 is 18.1 Å². The number of carboxylic acids is 2. The van der Waals surface area contributed by atoms with Gasteiger partial charge in [-0.25, -0.2) is 4.79 Å². The monoisotopic (exact) mass is 286 g/mol. The fourth-order valence-electron chi connectivity index (χ4n) is 0.449. The summed E-state index contributed by atoms with van der Waals surface area (Å²) in [7, 11) is 0. The summed E-state index contributed by atoms with van der Waals surface area (Å²) in [6.07, 6.45) is -2.70. The summed E-state index contributed by atoms with van der Waals surface area (Å²) in [5, 5.41) is 54.0. The second-order valence-corrected chi connectivity index (χ2v) is 2.94. The average Bonchev–Trinajstić information content (AvgIpc) is 2.27. The Labute approximate surface area is 108 Å². The Bertz CT molecular complexity index is 229. The molecule has 0 saturated heterocycles. The van der Waals surface area contributed by atoms with Crippen molar-refractivity contribution in [3.63, 3.8) is 0 Å². The molecule has 0 fully saturated rings. The van der Waals surface area contributed by atoms with Gasteiger partial charge in [0.2, 0.25) is 0 Å². The van der Waals surface area contributed by atoms with Crippen molar-refractivity contribution in [2.75, 3.05) is 13.2 Å². The summed E-state index contributed by atoms with van der Waals surface area (Å²) in [5.41, 5.74) is 0. The highest BCUT2D eigenvalue weighted by molar-refractivity contribution is 5.69. The maximum absolute atomic E-state index is 9.79. The van der Waals surface area contributed by atoms with Gasteiger partial charge < -0.3 is 35.7 Å². The second kappa shape index (κ2) is 16.1. The van der Waals surface area contributed by atoms with Crippen LogP contribution in [-0.4, -0.2) is 73.2 Å². The van der Waals surface area contributed by atoms with Crippen LogP contribution >= 0.6 is 0 Å². The number of aliphatic hydroxyl groups excluding tert-OH is 3.